The topological polar surface area (TPSA) is 58.4 Å². The van der Waals surface area contributed by atoms with Crippen molar-refractivity contribution >= 4 is 5.69 Å². The molecule has 116 valence electrons. The predicted molar refractivity (Wildman–Crippen MR) is 79.6 cm³/mol. The molecule has 0 amide bonds. The van der Waals surface area contributed by atoms with E-state index in [1.54, 1.807) is 0 Å². The van der Waals surface area contributed by atoms with Crippen molar-refractivity contribution in [3.63, 3.8) is 0 Å². The SMILES string of the molecule is CCCN(Cc1cc(F)ccc1[N+](=O)[O-])C1CCCNC1. The van der Waals surface area contributed by atoms with E-state index in [9.17, 15) is 14.5 Å². The average Bonchev–Trinajstić information content (AvgIpc) is 2.47. The third-order valence-corrected chi connectivity index (χ3v) is 3.91. The number of hydrogen-bond acceptors (Lipinski definition) is 4. The Bertz CT molecular complexity index is 490. The lowest BCUT2D eigenvalue weighted by Crippen LogP contribution is -2.46. The molecule has 1 atom stereocenters. The second kappa shape index (κ2) is 7.47. The van der Waals surface area contributed by atoms with Crippen LogP contribution in [0.2, 0.25) is 0 Å². The number of nitro benzene ring substituents is 1. The largest absolute Gasteiger partial charge is 0.315 e. The van der Waals surface area contributed by atoms with Gasteiger partial charge in [0.25, 0.3) is 5.69 Å². The molecule has 1 heterocycles. The van der Waals surface area contributed by atoms with Gasteiger partial charge in [0.1, 0.15) is 5.82 Å². The fourth-order valence-corrected chi connectivity index (χ4v) is 2.90. The standard InChI is InChI=1S/C15H22FN3O2/c1-2-8-18(14-4-3-7-17-10-14)11-12-9-13(16)5-6-15(12)19(20)21/h5-6,9,14,17H,2-4,7-8,10-11H2,1H3. The Balaban J connectivity index is 2.19. The molecule has 1 saturated heterocycles. The zero-order valence-corrected chi connectivity index (χ0v) is 12.3. The third-order valence-electron chi connectivity index (χ3n) is 3.91. The lowest BCUT2D eigenvalue weighted by molar-refractivity contribution is -0.385. The van der Waals surface area contributed by atoms with Gasteiger partial charge >= 0.3 is 0 Å². The highest BCUT2D eigenvalue weighted by molar-refractivity contribution is 5.40. The summed E-state index contributed by atoms with van der Waals surface area (Å²) in [6.07, 6.45) is 3.16. The van der Waals surface area contributed by atoms with Gasteiger partial charge in [-0.3, -0.25) is 15.0 Å². The van der Waals surface area contributed by atoms with Gasteiger partial charge in [-0.2, -0.15) is 0 Å². The van der Waals surface area contributed by atoms with Crippen molar-refractivity contribution in [2.45, 2.75) is 38.8 Å². The molecule has 0 radical (unpaired) electrons. The van der Waals surface area contributed by atoms with E-state index in [1.165, 1.54) is 12.1 Å². The molecule has 1 aliphatic heterocycles. The van der Waals surface area contributed by atoms with Gasteiger partial charge in [0.15, 0.2) is 0 Å². The summed E-state index contributed by atoms with van der Waals surface area (Å²) < 4.78 is 13.4. The predicted octanol–water partition coefficient (Wildman–Crippen LogP) is 2.70. The molecule has 1 aliphatic rings. The van der Waals surface area contributed by atoms with Crippen LogP contribution >= 0.6 is 0 Å². The lowest BCUT2D eigenvalue weighted by atomic mass is 10.0. The van der Waals surface area contributed by atoms with Gasteiger partial charge < -0.3 is 5.32 Å². The first-order chi connectivity index (χ1) is 10.1. The number of hydrogen-bond donors (Lipinski definition) is 1. The van der Waals surface area contributed by atoms with Crippen LogP contribution in [0.4, 0.5) is 10.1 Å². The molecular formula is C15H22FN3O2. The first kappa shape index (κ1) is 15.9. The van der Waals surface area contributed by atoms with Crippen LogP contribution < -0.4 is 5.32 Å². The van der Waals surface area contributed by atoms with Crippen LogP contribution in [0, 0.1) is 15.9 Å². The molecule has 0 saturated carbocycles. The highest BCUT2D eigenvalue weighted by Crippen LogP contribution is 2.23. The van der Waals surface area contributed by atoms with Gasteiger partial charge in [-0.05, 0) is 44.5 Å². The second-order valence-corrected chi connectivity index (χ2v) is 5.50. The number of nitrogens with zero attached hydrogens (tertiary/aromatic N) is 2. The monoisotopic (exact) mass is 295 g/mol. The maximum Gasteiger partial charge on any atom is 0.274 e. The zero-order valence-electron chi connectivity index (χ0n) is 12.3. The van der Waals surface area contributed by atoms with E-state index in [0.717, 1.165) is 45.0 Å². The minimum atomic E-state index is -0.433. The summed E-state index contributed by atoms with van der Waals surface area (Å²) in [6, 6.07) is 4.06. The van der Waals surface area contributed by atoms with E-state index in [2.05, 4.69) is 17.1 Å². The van der Waals surface area contributed by atoms with E-state index in [0.29, 0.717) is 18.2 Å². The number of nitro groups is 1. The average molecular weight is 295 g/mol. The molecule has 0 bridgehead atoms. The minimum Gasteiger partial charge on any atom is -0.315 e. The van der Waals surface area contributed by atoms with E-state index in [-0.39, 0.29) is 5.69 Å². The molecule has 5 nitrogen and oxygen atoms in total. The third kappa shape index (κ3) is 4.22. The summed E-state index contributed by atoms with van der Waals surface area (Å²) in [5, 5.41) is 14.5. The Kier molecular flexibility index (Phi) is 5.64. The van der Waals surface area contributed by atoms with Crippen molar-refractivity contribution < 1.29 is 9.31 Å². The number of piperidine rings is 1. The maximum atomic E-state index is 13.4. The fourth-order valence-electron chi connectivity index (χ4n) is 2.90. The Labute approximate surface area is 124 Å². The van der Waals surface area contributed by atoms with Crippen LogP contribution in [-0.2, 0) is 6.54 Å². The van der Waals surface area contributed by atoms with Gasteiger partial charge in [-0.25, -0.2) is 4.39 Å². The molecule has 2 rings (SSSR count). The Morgan fingerprint density at radius 2 is 2.33 bits per heavy atom. The van der Waals surface area contributed by atoms with Crippen molar-refractivity contribution in [3.8, 4) is 0 Å². The summed E-state index contributed by atoms with van der Waals surface area (Å²) in [5.41, 5.74) is 0.459. The van der Waals surface area contributed by atoms with E-state index in [1.807, 2.05) is 0 Å². The summed E-state index contributed by atoms with van der Waals surface area (Å²) in [4.78, 5) is 12.9. The van der Waals surface area contributed by atoms with E-state index < -0.39 is 10.7 Å². The fraction of sp³-hybridized carbons (Fsp3) is 0.600. The van der Waals surface area contributed by atoms with Crippen LogP contribution in [0.1, 0.15) is 31.7 Å². The molecular weight excluding hydrogens is 273 g/mol. The van der Waals surface area contributed by atoms with Gasteiger partial charge in [0, 0.05) is 30.8 Å². The molecule has 6 heteroatoms. The minimum absolute atomic E-state index is 0.00118. The Hall–Kier alpha value is -1.53. The Morgan fingerprint density at radius 3 is 2.95 bits per heavy atom. The summed E-state index contributed by atoms with van der Waals surface area (Å²) in [5.74, 6) is -0.422. The van der Waals surface area contributed by atoms with Crippen LogP contribution in [0.25, 0.3) is 0 Å². The Morgan fingerprint density at radius 1 is 1.52 bits per heavy atom. The first-order valence-electron chi connectivity index (χ1n) is 7.49. The van der Waals surface area contributed by atoms with Crippen molar-refractivity contribution in [2.24, 2.45) is 0 Å². The number of benzene rings is 1. The summed E-state index contributed by atoms with van der Waals surface area (Å²) >= 11 is 0. The lowest BCUT2D eigenvalue weighted by Gasteiger charge is -2.34. The quantitative estimate of drug-likeness (QED) is 0.647. The van der Waals surface area contributed by atoms with Crippen molar-refractivity contribution in [1.82, 2.24) is 10.2 Å². The highest BCUT2D eigenvalue weighted by atomic mass is 19.1. The van der Waals surface area contributed by atoms with Crippen LogP contribution in [0.3, 0.4) is 0 Å². The number of nitrogens with one attached hydrogen (secondary N) is 1. The molecule has 1 N–H and O–H groups in total. The van der Waals surface area contributed by atoms with Crippen LogP contribution in [0.15, 0.2) is 18.2 Å². The molecule has 0 spiro atoms. The van der Waals surface area contributed by atoms with Crippen molar-refractivity contribution in [2.75, 3.05) is 19.6 Å². The normalized spacial score (nSPS) is 18.9. The van der Waals surface area contributed by atoms with E-state index >= 15 is 0 Å². The molecule has 1 fully saturated rings. The molecule has 1 aromatic rings. The zero-order chi connectivity index (χ0) is 15.2. The smallest absolute Gasteiger partial charge is 0.274 e. The van der Waals surface area contributed by atoms with Crippen molar-refractivity contribution in [1.29, 1.82) is 0 Å². The van der Waals surface area contributed by atoms with Crippen LogP contribution in [-0.4, -0.2) is 35.5 Å². The summed E-state index contributed by atoms with van der Waals surface area (Å²) in [6.45, 7) is 5.29. The number of rotatable bonds is 6. The number of halogens is 1. The molecule has 21 heavy (non-hydrogen) atoms. The molecule has 0 aromatic heterocycles. The van der Waals surface area contributed by atoms with E-state index in [4.69, 9.17) is 0 Å². The molecule has 1 aromatic carbocycles. The highest BCUT2D eigenvalue weighted by Gasteiger charge is 2.23. The maximum absolute atomic E-state index is 13.4. The summed E-state index contributed by atoms with van der Waals surface area (Å²) in [7, 11) is 0. The van der Waals surface area contributed by atoms with Gasteiger partial charge in [0.05, 0.1) is 4.92 Å². The first-order valence-corrected chi connectivity index (χ1v) is 7.49. The van der Waals surface area contributed by atoms with Crippen LogP contribution in [0.5, 0.6) is 0 Å². The second-order valence-electron chi connectivity index (χ2n) is 5.50. The van der Waals surface area contributed by atoms with Gasteiger partial charge in [-0.1, -0.05) is 6.92 Å². The van der Waals surface area contributed by atoms with Gasteiger partial charge in [-0.15, -0.1) is 0 Å². The molecule has 0 aliphatic carbocycles. The van der Waals surface area contributed by atoms with Crippen molar-refractivity contribution in [3.05, 3.63) is 39.7 Å². The molecule has 1 unspecified atom stereocenters. The van der Waals surface area contributed by atoms with Gasteiger partial charge in [0.2, 0.25) is 0 Å².